The second-order valence-corrected chi connectivity index (χ2v) is 6.05. The zero-order valence-corrected chi connectivity index (χ0v) is 12.0. The summed E-state index contributed by atoms with van der Waals surface area (Å²) in [4.78, 5) is 13.2. The number of fused-ring (bicyclic) bond motifs is 1. The van der Waals surface area contributed by atoms with Crippen LogP contribution in [0.3, 0.4) is 0 Å². The molecule has 0 saturated carbocycles. The Morgan fingerprint density at radius 2 is 2.32 bits per heavy atom. The molecule has 0 bridgehead atoms. The third kappa shape index (κ3) is 2.34. The molecule has 98 valence electrons. The van der Waals surface area contributed by atoms with E-state index in [1.807, 2.05) is 17.5 Å². The molecule has 3 aromatic rings. The first-order valence-electron chi connectivity index (χ1n) is 5.82. The monoisotopic (exact) mass is 292 g/mol. The average Bonchev–Trinajstić information content (AvgIpc) is 3.09. The van der Waals surface area contributed by atoms with E-state index in [9.17, 15) is 4.79 Å². The van der Waals surface area contributed by atoms with E-state index in [-0.39, 0.29) is 5.78 Å². The molecule has 0 aliphatic heterocycles. The van der Waals surface area contributed by atoms with E-state index in [1.165, 1.54) is 11.3 Å². The summed E-state index contributed by atoms with van der Waals surface area (Å²) in [6, 6.07) is 5.76. The van der Waals surface area contributed by atoms with Crippen molar-refractivity contribution in [1.82, 2.24) is 9.78 Å². The molecular formula is C13H12N2O2S2. The van der Waals surface area contributed by atoms with Crippen LogP contribution in [0.4, 0.5) is 0 Å². The van der Waals surface area contributed by atoms with Gasteiger partial charge in [0.25, 0.3) is 0 Å². The molecule has 0 aliphatic carbocycles. The highest BCUT2D eigenvalue weighted by Gasteiger charge is 2.17. The topological polar surface area (TPSA) is 44.1 Å². The fraction of sp³-hybridized carbons (Fsp3) is 0.231. The molecule has 0 unspecified atom stereocenters. The van der Waals surface area contributed by atoms with Gasteiger partial charge in [-0.25, -0.2) is 0 Å². The third-order valence-electron chi connectivity index (χ3n) is 2.82. The molecule has 0 spiro atoms. The molecule has 4 nitrogen and oxygen atoms in total. The summed E-state index contributed by atoms with van der Waals surface area (Å²) < 4.78 is 9.04. The molecule has 3 aromatic heterocycles. The molecule has 6 heteroatoms. The Balaban J connectivity index is 1.91. The summed E-state index contributed by atoms with van der Waals surface area (Å²) in [6.07, 6.45) is 1.65. The number of ether oxygens (including phenoxy) is 1. The number of hydrogen-bond acceptors (Lipinski definition) is 5. The molecule has 0 aliphatic rings. The van der Waals surface area contributed by atoms with Crippen LogP contribution in [0.5, 0.6) is 0 Å². The molecule has 0 saturated heterocycles. The van der Waals surface area contributed by atoms with Gasteiger partial charge in [-0.05, 0) is 23.6 Å². The van der Waals surface area contributed by atoms with Gasteiger partial charge in [-0.3, -0.25) is 9.48 Å². The van der Waals surface area contributed by atoms with Gasteiger partial charge in [-0.15, -0.1) is 22.7 Å². The van der Waals surface area contributed by atoms with E-state index < -0.39 is 0 Å². The van der Waals surface area contributed by atoms with Crippen molar-refractivity contribution >= 4 is 37.9 Å². The number of aromatic nitrogens is 2. The largest absolute Gasteiger partial charge is 0.383 e. The van der Waals surface area contributed by atoms with E-state index in [4.69, 9.17) is 4.74 Å². The van der Waals surface area contributed by atoms with Crippen molar-refractivity contribution < 1.29 is 9.53 Å². The van der Waals surface area contributed by atoms with Crippen molar-refractivity contribution in [3.8, 4) is 0 Å². The fourth-order valence-corrected chi connectivity index (χ4v) is 3.94. The smallest absolute Gasteiger partial charge is 0.220 e. The van der Waals surface area contributed by atoms with Crippen LogP contribution >= 0.6 is 22.7 Å². The number of hydrogen-bond donors (Lipinski definition) is 0. The van der Waals surface area contributed by atoms with E-state index in [2.05, 4.69) is 5.10 Å². The number of nitrogens with zero attached hydrogens (tertiary/aromatic N) is 2. The standard InChI is InChI=1S/C13H12N2O2S2/c1-17-6-5-15-9(2-4-14-15)13(16)12-8-11-10(19-12)3-7-18-11/h2-4,7-8H,5-6H2,1H3. The minimum atomic E-state index is 0.0296. The second kappa shape index (κ2) is 5.24. The summed E-state index contributed by atoms with van der Waals surface area (Å²) in [5.41, 5.74) is 0.617. The normalized spacial score (nSPS) is 11.2. The Labute approximate surface area is 118 Å². The lowest BCUT2D eigenvalue weighted by molar-refractivity contribution is 0.102. The SMILES string of the molecule is COCCn1nccc1C(=O)c1cc2sccc2s1. The third-order valence-corrected chi connectivity index (χ3v) is 4.91. The maximum Gasteiger partial charge on any atom is 0.220 e. The maximum atomic E-state index is 12.5. The number of carbonyl (C=O) groups excluding carboxylic acids is 1. The molecule has 0 N–H and O–H groups in total. The second-order valence-electron chi connectivity index (χ2n) is 4.02. The summed E-state index contributed by atoms with van der Waals surface area (Å²) in [7, 11) is 1.64. The van der Waals surface area contributed by atoms with Crippen molar-refractivity contribution in [2.45, 2.75) is 6.54 Å². The highest BCUT2D eigenvalue weighted by molar-refractivity contribution is 7.28. The molecule has 0 radical (unpaired) electrons. The lowest BCUT2D eigenvalue weighted by Crippen LogP contribution is -2.13. The van der Waals surface area contributed by atoms with Gasteiger partial charge in [0, 0.05) is 22.7 Å². The van der Waals surface area contributed by atoms with Crippen LogP contribution < -0.4 is 0 Å². The molecule has 0 aromatic carbocycles. The van der Waals surface area contributed by atoms with Crippen LogP contribution in [-0.4, -0.2) is 29.3 Å². The predicted octanol–water partition coefficient (Wildman–Crippen LogP) is 3.04. The molecule has 0 amide bonds. The fourth-order valence-electron chi connectivity index (χ4n) is 1.89. The van der Waals surface area contributed by atoms with Crippen LogP contribution in [0.1, 0.15) is 15.4 Å². The van der Waals surface area contributed by atoms with Gasteiger partial charge in [0.15, 0.2) is 0 Å². The molecule has 0 atom stereocenters. The Morgan fingerprint density at radius 1 is 1.42 bits per heavy atom. The number of carbonyl (C=O) groups is 1. The van der Waals surface area contributed by atoms with Crippen molar-refractivity contribution in [2.75, 3.05) is 13.7 Å². The average molecular weight is 292 g/mol. The maximum absolute atomic E-state index is 12.5. The Bertz CT molecular complexity index is 682. The van der Waals surface area contributed by atoms with Crippen LogP contribution in [0.15, 0.2) is 29.8 Å². The van der Waals surface area contributed by atoms with Gasteiger partial charge in [0.2, 0.25) is 5.78 Å². The van der Waals surface area contributed by atoms with Crippen molar-refractivity contribution in [2.24, 2.45) is 0 Å². The van der Waals surface area contributed by atoms with E-state index in [0.29, 0.717) is 18.8 Å². The molecular weight excluding hydrogens is 280 g/mol. The summed E-state index contributed by atoms with van der Waals surface area (Å²) in [6.45, 7) is 1.13. The van der Waals surface area contributed by atoms with Gasteiger partial charge < -0.3 is 4.74 Å². The molecule has 3 heterocycles. The summed E-state index contributed by atoms with van der Waals surface area (Å²) in [5.74, 6) is 0.0296. The Hall–Kier alpha value is -1.50. The first-order chi connectivity index (χ1) is 9.29. The minimum absolute atomic E-state index is 0.0296. The number of ketones is 1. The highest BCUT2D eigenvalue weighted by atomic mass is 32.1. The number of methoxy groups -OCH3 is 1. The first kappa shape index (κ1) is 12.5. The summed E-state index contributed by atoms with van der Waals surface area (Å²) in [5, 5.41) is 6.20. The zero-order chi connectivity index (χ0) is 13.2. The predicted molar refractivity (Wildman–Crippen MR) is 77.2 cm³/mol. The summed E-state index contributed by atoms with van der Waals surface area (Å²) >= 11 is 3.19. The van der Waals surface area contributed by atoms with Crippen LogP contribution in [0.25, 0.3) is 9.40 Å². The van der Waals surface area contributed by atoms with Crippen LogP contribution in [-0.2, 0) is 11.3 Å². The van der Waals surface area contributed by atoms with Gasteiger partial charge in [-0.1, -0.05) is 0 Å². The Kier molecular flexibility index (Phi) is 3.46. The first-order valence-corrected chi connectivity index (χ1v) is 7.51. The van der Waals surface area contributed by atoms with Crippen molar-refractivity contribution in [3.63, 3.8) is 0 Å². The van der Waals surface area contributed by atoms with Gasteiger partial charge in [-0.2, -0.15) is 5.10 Å². The van der Waals surface area contributed by atoms with E-state index in [1.54, 1.807) is 35.4 Å². The number of rotatable bonds is 5. The van der Waals surface area contributed by atoms with Gasteiger partial charge in [0.1, 0.15) is 5.69 Å². The zero-order valence-electron chi connectivity index (χ0n) is 10.3. The minimum Gasteiger partial charge on any atom is -0.383 e. The lowest BCUT2D eigenvalue weighted by atomic mass is 10.2. The van der Waals surface area contributed by atoms with Crippen molar-refractivity contribution in [3.05, 3.63) is 40.3 Å². The van der Waals surface area contributed by atoms with Gasteiger partial charge >= 0.3 is 0 Å². The molecule has 0 fully saturated rings. The van der Waals surface area contributed by atoms with Crippen LogP contribution in [0, 0.1) is 0 Å². The number of thiophene rings is 2. The van der Waals surface area contributed by atoms with E-state index >= 15 is 0 Å². The van der Waals surface area contributed by atoms with Crippen molar-refractivity contribution in [1.29, 1.82) is 0 Å². The molecule has 19 heavy (non-hydrogen) atoms. The van der Waals surface area contributed by atoms with Gasteiger partial charge in [0.05, 0.1) is 18.0 Å². The Morgan fingerprint density at radius 3 is 3.11 bits per heavy atom. The molecule has 3 rings (SSSR count). The van der Waals surface area contributed by atoms with Crippen LogP contribution in [0.2, 0.25) is 0 Å². The highest BCUT2D eigenvalue weighted by Crippen LogP contribution is 2.31. The quantitative estimate of drug-likeness (QED) is 0.679. The lowest BCUT2D eigenvalue weighted by Gasteiger charge is -2.04. The van der Waals surface area contributed by atoms with E-state index in [0.717, 1.165) is 14.3 Å².